The van der Waals surface area contributed by atoms with Crippen LogP contribution in [0.2, 0.25) is 0 Å². The van der Waals surface area contributed by atoms with Crippen LogP contribution in [0.15, 0.2) is 55.1 Å². The number of aryl methyl sites for hydroxylation is 2. The molecular formula is C22H24N2. The zero-order chi connectivity index (χ0) is 17.3. The van der Waals surface area contributed by atoms with E-state index >= 15 is 0 Å². The van der Waals surface area contributed by atoms with Gasteiger partial charge in [0.15, 0.2) is 0 Å². The molecule has 2 N–H and O–H groups in total. The summed E-state index contributed by atoms with van der Waals surface area (Å²) in [4.78, 5) is 0. The van der Waals surface area contributed by atoms with E-state index < -0.39 is 0 Å². The Bertz CT molecular complexity index is 942. The van der Waals surface area contributed by atoms with E-state index in [1.54, 1.807) is 0 Å². The van der Waals surface area contributed by atoms with Gasteiger partial charge in [0.25, 0.3) is 0 Å². The van der Waals surface area contributed by atoms with Crippen LogP contribution in [-0.2, 0) is 6.54 Å². The SMILES string of the molecule is C=C/C=C\c1c(C)c2ccccc2n1Cc1ccc(C)c(N)c1C. The van der Waals surface area contributed by atoms with Gasteiger partial charge in [-0.3, -0.25) is 0 Å². The summed E-state index contributed by atoms with van der Waals surface area (Å²) in [5.41, 5.74) is 14.4. The van der Waals surface area contributed by atoms with Crippen molar-refractivity contribution in [1.82, 2.24) is 4.57 Å². The molecule has 2 aromatic carbocycles. The van der Waals surface area contributed by atoms with E-state index in [9.17, 15) is 0 Å². The van der Waals surface area contributed by atoms with E-state index in [-0.39, 0.29) is 0 Å². The molecule has 0 saturated heterocycles. The van der Waals surface area contributed by atoms with Crippen molar-refractivity contribution in [1.29, 1.82) is 0 Å². The molecular weight excluding hydrogens is 292 g/mol. The number of nitrogens with two attached hydrogens (primary N) is 1. The Balaban J connectivity index is 2.20. The Kier molecular flexibility index (Phi) is 4.30. The molecule has 3 rings (SSSR count). The van der Waals surface area contributed by atoms with Gasteiger partial charge in [-0.2, -0.15) is 0 Å². The minimum Gasteiger partial charge on any atom is -0.398 e. The number of nitrogens with zero attached hydrogens (tertiary/aromatic N) is 1. The maximum Gasteiger partial charge on any atom is 0.0491 e. The minimum absolute atomic E-state index is 0.807. The second-order valence-corrected chi connectivity index (χ2v) is 6.29. The van der Waals surface area contributed by atoms with Crippen molar-refractivity contribution >= 4 is 22.7 Å². The molecule has 0 radical (unpaired) electrons. The fourth-order valence-corrected chi connectivity index (χ4v) is 3.29. The molecule has 0 aliphatic rings. The summed E-state index contributed by atoms with van der Waals surface area (Å²) >= 11 is 0. The van der Waals surface area contributed by atoms with Crippen molar-refractivity contribution in [2.24, 2.45) is 0 Å². The topological polar surface area (TPSA) is 30.9 Å². The fraction of sp³-hybridized carbons (Fsp3) is 0.182. The summed E-state index contributed by atoms with van der Waals surface area (Å²) in [7, 11) is 0. The lowest BCUT2D eigenvalue weighted by molar-refractivity contribution is 0.818. The molecule has 1 heterocycles. The van der Waals surface area contributed by atoms with Gasteiger partial charge in [0.1, 0.15) is 0 Å². The van der Waals surface area contributed by atoms with E-state index in [0.29, 0.717) is 0 Å². The Morgan fingerprint density at radius 2 is 1.79 bits per heavy atom. The van der Waals surface area contributed by atoms with Crippen LogP contribution in [0.1, 0.15) is 27.9 Å². The van der Waals surface area contributed by atoms with Crippen molar-refractivity contribution < 1.29 is 0 Å². The molecule has 0 aliphatic heterocycles. The highest BCUT2D eigenvalue weighted by Crippen LogP contribution is 2.29. The Hall–Kier alpha value is -2.74. The van der Waals surface area contributed by atoms with Gasteiger partial charge >= 0.3 is 0 Å². The van der Waals surface area contributed by atoms with Gasteiger partial charge in [-0.05, 0) is 55.2 Å². The highest BCUT2D eigenvalue weighted by atomic mass is 15.0. The van der Waals surface area contributed by atoms with Gasteiger partial charge < -0.3 is 10.3 Å². The summed E-state index contributed by atoms with van der Waals surface area (Å²) in [6, 6.07) is 12.8. The average molecular weight is 316 g/mol. The monoisotopic (exact) mass is 316 g/mol. The standard InChI is InChI=1S/C22H24N2/c1-5-6-10-20-17(4)19-9-7-8-11-21(19)24(20)14-18-13-12-15(2)22(23)16(18)3/h5-13H,1,14,23H2,2-4H3/b10-6-. The molecule has 1 aromatic heterocycles. The van der Waals surface area contributed by atoms with Crippen LogP contribution in [0.25, 0.3) is 17.0 Å². The second-order valence-electron chi connectivity index (χ2n) is 6.29. The Labute approximate surface area is 143 Å². The van der Waals surface area contributed by atoms with Crippen molar-refractivity contribution in [3.8, 4) is 0 Å². The van der Waals surface area contributed by atoms with Crippen LogP contribution in [-0.4, -0.2) is 4.57 Å². The zero-order valence-electron chi connectivity index (χ0n) is 14.6. The number of nitrogen functional groups attached to an aromatic ring is 1. The third-order valence-corrected chi connectivity index (χ3v) is 4.84. The maximum atomic E-state index is 6.24. The summed E-state index contributed by atoms with van der Waals surface area (Å²) in [5.74, 6) is 0. The van der Waals surface area contributed by atoms with Crippen molar-refractivity contribution in [2.75, 3.05) is 5.73 Å². The van der Waals surface area contributed by atoms with Crippen LogP contribution < -0.4 is 5.73 Å². The van der Waals surface area contributed by atoms with E-state index in [1.165, 1.54) is 33.3 Å². The lowest BCUT2D eigenvalue weighted by Gasteiger charge is -2.14. The van der Waals surface area contributed by atoms with Gasteiger partial charge in [-0.15, -0.1) is 0 Å². The van der Waals surface area contributed by atoms with Crippen LogP contribution in [0.3, 0.4) is 0 Å². The molecule has 2 nitrogen and oxygen atoms in total. The van der Waals surface area contributed by atoms with Crippen molar-refractivity contribution in [2.45, 2.75) is 27.3 Å². The van der Waals surface area contributed by atoms with Crippen molar-refractivity contribution in [3.63, 3.8) is 0 Å². The van der Waals surface area contributed by atoms with E-state index in [2.05, 4.69) is 74.4 Å². The van der Waals surface area contributed by atoms with Crippen LogP contribution >= 0.6 is 0 Å². The minimum atomic E-state index is 0.807. The number of hydrogen-bond donors (Lipinski definition) is 1. The number of rotatable bonds is 4. The lowest BCUT2D eigenvalue weighted by Crippen LogP contribution is -2.06. The number of para-hydroxylation sites is 1. The molecule has 2 heteroatoms. The quantitative estimate of drug-likeness (QED) is 0.507. The highest BCUT2D eigenvalue weighted by molar-refractivity contribution is 5.88. The molecule has 0 aliphatic carbocycles. The largest absolute Gasteiger partial charge is 0.398 e. The number of aromatic nitrogens is 1. The number of hydrogen-bond acceptors (Lipinski definition) is 1. The molecule has 0 atom stereocenters. The fourth-order valence-electron chi connectivity index (χ4n) is 3.29. The number of benzene rings is 2. The molecule has 0 bridgehead atoms. The van der Waals surface area contributed by atoms with Gasteiger partial charge in [0.05, 0.1) is 0 Å². The first-order chi connectivity index (χ1) is 11.5. The first-order valence-electron chi connectivity index (χ1n) is 8.26. The summed E-state index contributed by atoms with van der Waals surface area (Å²) < 4.78 is 2.36. The Morgan fingerprint density at radius 1 is 1.04 bits per heavy atom. The normalized spacial score (nSPS) is 11.5. The van der Waals surface area contributed by atoms with Gasteiger partial charge in [0.2, 0.25) is 0 Å². The summed E-state index contributed by atoms with van der Waals surface area (Å²) in [6.07, 6.45) is 5.94. The van der Waals surface area contributed by atoms with E-state index in [4.69, 9.17) is 5.73 Å². The number of anilines is 1. The Morgan fingerprint density at radius 3 is 2.54 bits per heavy atom. The summed E-state index contributed by atoms with van der Waals surface area (Å²) in [5, 5.41) is 1.29. The molecule has 3 aromatic rings. The molecule has 24 heavy (non-hydrogen) atoms. The number of allylic oxidation sites excluding steroid dienone is 2. The first-order valence-corrected chi connectivity index (χ1v) is 8.26. The van der Waals surface area contributed by atoms with Crippen LogP contribution in [0, 0.1) is 20.8 Å². The predicted octanol–water partition coefficient (Wildman–Crippen LogP) is 5.40. The van der Waals surface area contributed by atoms with Crippen LogP contribution in [0.5, 0.6) is 0 Å². The van der Waals surface area contributed by atoms with Crippen molar-refractivity contribution in [3.05, 3.63) is 83.1 Å². The first kappa shape index (κ1) is 16.1. The van der Waals surface area contributed by atoms with Crippen LogP contribution in [0.4, 0.5) is 5.69 Å². The maximum absolute atomic E-state index is 6.24. The van der Waals surface area contributed by atoms with E-state index in [0.717, 1.165) is 17.8 Å². The molecule has 0 saturated carbocycles. The van der Waals surface area contributed by atoms with Gasteiger partial charge in [-0.25, -0.2) is 0 Å². The summed E-state index contributed by atoms with van der Waals surface area (Å²) in [6.45, 7) is 10.9. The molecule has 0 unspecified atom stereocenters. The third kappa shape index (κ3) is 2.65. The highest BCUT2D eigenvalue weighted by Gasteiger charge is 2.13. The zero-order valence-corrected chi connectivity index (χ0v) is 14.6. The number of fused-ring (bicyclic) bond motifs is 1. The van der Waals surface area contributed by atoms with Gasteiger partial charge in [0, 0.05) is 28.8 Å². The van der Waals surface area contributed by atoms with E-state index in [1.807, 2.05) is 12.2 Å². The lowest BCUT2D eigenvalue weighted by atomic mass is 10.0. The van der Waals surface area contributed by atoms with Gasteiger partial charge in [-0.1, -0.05) is 49.1 Å². The predicted molar refractivity (Wildman–Crippen MR) is 105 cm³/mol. The molecule has 0 fully saturated rings. The smallest absolute Gasteiger partial charge is 0.0491 e. The third-order valence-electron chi connectivity index (χ3n) is 4.84. The molecule has 122 valence electrons. The average Bonchev–Trinajstić information content (AvgIpc) is 2.86. The second kappa shape index (κ2) is 6.40. The molecule has 0 spiro atoms. The molecule has 0 amide bonds.